The number of rotatable bonds is 6. The van der Waals surface area contributed by atoms with E-state index in [1.54, 1.807) is 13.0 Å². The van der Waals surface area contributed by atoms with Gasteiger partial charge in [0.15, 0.2) is 0 Å². The Kier molecular flexibility index (Phi) is 4.34. The van der Waals surface area contributed by atoms with Crippen molar-refractivity contribution in [3.05, 3.63) is 39.9 Å². The molecular formula is C14H19N3O3. The van der Waals surface area contributed by atoms with Crippen LogP contribution in [-0.2, 0) is 4.79 Å². The van der Waals surface area contributed by atoms with Crippen LogP contribution in [0.15, 0.2) is 24.3 Å². The van der Waals surface area contributed by atoms with E-state index in [4.69, 9.17) is 0 Å². The number of amides is 1. The van der Waals surface area contributed by atoms with Crippen LogP contribution in [0.25, 0.3) is 0 Å². The van der Waals surface area contributed by atoms with Crippen molar-refractivity contribution in [2.45, 2.75) is 44.8 Å². The number of nitrogens with zero attached hydrogens (tertiary/aromatic N) is 1. The number of carbonyl (C=O) groups is 1. The van der Waals surface area contributed by atoms with Gasteiger partial charge in [0.05, 0.1) is 11.0 Å². The van der Waals surface area contributed by atoms with Crippen molar-refractivity contribution in [1.29, 1.82) is 0 Å². The van der Waals surface area contributed by atoms with Crippen molar-refractivity contribution >= 4 is 11.6 Å². The topological polar surface area (TPSA) is 84.3 Å². The highest BCUT2D eigenvalue weighted by Crippen LogP contribution is 2.20. The zero-order valence-corrected chi connectivity index (χ0v) is 11.6. The summed E-state index contributed by atoms with van der Waals surface area (Å²) in [5.74, 6) is -0.0234. The minimum atomic E-state index is -0.417. The first-order chi connectivity index (χ1) is 9.47. The van der Waals surface area contributed by atoms with Crippen LogP contribution < -0.4 is 10.6 Å². The van der Waals surface area contributed by atoms with Crippen LogP contribution in [0.4, 0.5) is 5.69 Å². The normalized spacial score (nSPS) is 17.3. The van der Waals surface area contributed by atoms with E-state index in [0.29, 0.717) is 6.04 Å². The summed E-state index contributed by atoms with van der Waals surface area (Å²) < 4.78 is 0. The van der Waals surface area contributed by atoms with Crippen LogP contribution >= 0.6 is 0 Å². The first-order valence-electron chi connectivity index (χ1n) is 6.78. The molecule has 1 aromatic rings. The van der Waals surface area contributed by atoms with Crippen molar-refractivity contribution in [3.63, 3.8) is 0 Å². The van der Waals surface area contributed by atoms with Crippen molar-refractivity contribution in [1.82, 2.24) is 10.6 Å². The maximum absolute atomic E-state index is 11.9. The summed E-state index contributed by atoms with van der Waals surface area (Å²) in [5.41, 5.74) is 0.858. The largest absolute Gasteiger partial charge is 0.352 e. The summed E-state index contributed by atoms with van der Waals surface area (Å²) in [4.78, 5) is 22.2. The molecule has 0 radical (unpaired) electrons. The molecule has 0 aromatic heterocycles. The Morgan fingerprint density at radius 1 is 1.40 bits per heavy atom. The van der Waals surface area contributed by atoms with Gasteiger partial charge in [-0.25, -0.2) is 0 Å². The Balaban J connectivity index is 1.96. The summed E-state index contributed by atoms with van der Waals surface area (Å²) >= 11 is 0. The fourth-order valence-corrected chi connectivity index (χ4v) is 2.01. The number of nitrogens with one attached hydrogen (secondary N) is 2. The monoisotopic (exact) mass is 277 g/mol. The maximum atomic E-state index is 11.9. The number of nitro groups is 1. The van der Waals surface area contributed by atoms with Crippen LogP contribution in [-0.4, -0.2) is 22.9 Å². The Labute approximate surface area is 117 Å². The highest BCUT2D eigenvalue weighted by atomic mass is 16.6. The van der Waals surface area contributed by atoms with Gasteiger partial charge in [0.1, 0.15) is 0 Å². The van der Waals surface area contributed by atoms with Crippen molar-refractivity contribution in [3.8, 4) is 0 Å². The highest BCUT2D eigenvalue weighted by molar-refractivity contribution is 5.81. The zero-order valence-electron chi connectivity index (χ0n) is 11.6. The van der Waals surface area contributed by atoms with Gasteiger partial charge in [0, 0.05) is 24.2 Å². The minimum absolute atomic E-state index is 0.0234. The molecule has 6 nitrogen and oxygen atoms in total. The van der Waals surface area contributed by atoms with Gasteiger partial charge in [-0.1, -0.05) is 12.1 Å². The number of hydrogen-bond acceptors (Lipinski definition) is 4. The summed E-state index contributed by atoms with van der Waals surface area (Å²) in [6.07, 6.45) is 2.11. The first kappa shape index (κ1) is 14.5. The molecule has 108 valence electrons. The number of hydrogen-bond donors (Lipinski definition) is 2. The van der Waals surface area contributed by atoms with Crippen LogP contribution in [0.1, 0.15) is 38.3 Å². The smallest absolute Gasteiger partial charge is 0.269 e. The molecule has 2 atom stereocenters. The Bertz CT molecular complexity index is 514. The second-order valence-corrected chi connectivity index (χ2v) is 5.25. The van der Waals surface area contributed by atoms with Crippen LogP contribution in [0.5, 0.6) is 0 Å². The Hall–Kier alpha value is -1.95. The SMILES string of the molecule is CC(NC(C)c1cccc([N+](=O)[O-])c1)C(=O)NC1CC1. The third-order valence-corrected chi connectivity index (χ3v) is 3.40. The van der Waals surface area contributed by atoms with Crippen LogP contribution in [0.3, 0.4) is 0 Å². The van der Waals surface area contributed by atoms with Gasteiger partial charge in [-0.05, 0) is 32.3 Å². The van der Waals surface area contributed by atoms with Gasteiger partial charge >= 0.3 is 0 Å². The second kappa shape index (κ2) is 6.00. The quantitative estimate of drug-likeness (QED) is 0.614. The van der Waals surface area contributed by atoms with E-state index in [1.165, 1.54) is 12.1 Å². The van der Waals surface area contributed by atoms with Gasteiger partial charge in [-0.3, -0.25) is 20.2 Å². The number of benzene rings is 1. The molecule has 2 N–H and O–H groups in total. The maximum Gasteiger partial charge on any atom is 0.269 e. The molecule has 1 saturated carbocycles. The molecule has 0 aliphatic heterocycles. The molecule has 20 heavy (non-hydrogen) atoms. The van der Waals surface area contributed by atoms with Crippen molar-refractivity contribution < 1.29 is 9.72 Å². The van der Waals surface area contributed by atoms with Crippen molar-refractivity contribution in [2.24, 2.45) is 0 Å². The summed E-state index contributed by atoms with van der Waals surface area (Å²) in [6, 6.07) is 6.33. The first-order valence-corrected chi connectivity index (χ1v) is 6.78. The molecule has 0 bridgehead atoms. The average Bonchev–Trinajstić information content (AvgIpc) is 3.22. The molecule has 1 aliphatic rings. The van der Waals surface area contributed by atoms with E-state index in [1.807, 2.05) is 13.0 Å². The third-order valence-electron chi connectivity index (χ3n) is 3.40. The molecule has 0 heterocycles. The number of carbonyl (C=O) groups excluding carboxylic acids is 1. The van der Waals surface area contributed by atoms with Gasteiger partial charge in [-0.2, -0.15) is 0 Å². The summed E-state index contributed by atoms with van der Waals surface area (Å²) in [5, 5.41) is 16.8. The standard InChI is InChI=1S/C14H19N3O3/c1-9(11-4-3-5-13(8-11)17(19)20)15-10(2)14(18)16-12-6-7-12/h3-5,8-10,12,15H,6-7H2,1-2H3,(H,16,18). The fourth-order valence-electron chi connectivity index (χ4n) is 2.01. The second-order valence-electron chi connectivity index (χ2n) is 5.25. The predicted octanol–water partition coefficient (Wildman–Crippen LogP) is 1.91. The molecular weight excluding hydrogens is 258 g/mol. The number of non-ortho nitro benzene ring substituents is 1. The van der Waals surface area contributed by atoms with E-state index in [9.17, 15) is 14.9 Å². The Morgan fingerprint density at radius 3 is 2.70 bits per heavy atom. The molecule has 1 amide bonds. The van der Waals surface area contributed by atoms with Gasteiger partial charge in [0.2, 0.25) is 5.91 Å². The van der Waals surface area contributed by atoms with E-state index >= 15 is 0 Å². The number of nitro benzene ring substituents is 1. The lowest BCUT2D eigenvalue weighted by molar-refractivity contribution is -0.384. The average molecular weight is 277 g/mol. The van der Waals surface area contributed by atoms with Gasteiger partial charge in [-0.15, -0.1) is 0 Å². The summed E-state index contributed by atoms with van der Waals surface area (Å²) in [6.45, 7) is 3.69. The Morgan fingerprint density at radius 2 is 2.10 bits per heavy atom. The van der Waals surface area contributed by atoms with Crippen LogP contribution in [0, 0.1) is 10.1 Å². The van der Waals surface area contributed by atoms with E-state index in [0.717, 1.165) is 18.4 Å². The zero-order chi connectivity index (χ0) is 14.7. The van der Waals surface area contributed by atoms with E-state index in [-0.39, 0.29) is 23.7 Å². The lowest BCUT2D eigenvalue weighted by atomic mass is 10.1. The fraction of sp³-hybridized carbons (Fsp3) is 0.500. The molecule has 6 heteroatoms. The molecule has 2 rings (SSSR count). The molecule has 1 fully saturated rings. The summed E-state index contributed by atoms with van der Waals surface area (Å²) in [7, 11) is 0. The van der Waals surface area contributed by atoms with E-state index < -0.39 is 4.92 Å². The van der Waals surface area contributed by atoms with Gasteiger partial charge in [0.25, 0.3) is 5.69 Å². The minimum Gasteiger partial charge on any atom is -0.352 e. The molecule has 1 aromatic carbocycles. The third kappa shape index (κ3) is 3.77. The molecule has 0 saturated heterocycles. The van der Waals surface area contributed by atoms with Crippen molar-refractivity contribution in [2.75, 3.05) is 0 Å². The molecule has 0 spiro atoms. The lowest BCUT2D eigenvalue weighted by Gasteiger charge is -2.19. The highest BCUT2D eigenvalue weighted by Gasteiger charge is 2.26. The molecule has 1 aliphatic carbocycles. The molecule has 2 unspecified atom stereocenters. The van der Waals surface area contributed by atoms with Crippen LogP contribution in [0.2, 0.25) is 0 Å². The lowest BCUT2D eigenvalue weighted by Crippen LogP contribution is -2.43. The van der Waals surface area contributed by atoms with Gasteiger partial charge < -0.3 is 5.32 Å². The van der Waals surface area contributed by atoms with E-state index in [2.05, 4.69) is 10.6 Å². The predicted molar refractivity (Wildman–Crippen MR) is 75.3 cm³/mol.